The summed E-state index contributed by atoms with van der Waals surface area (Å²) in [5.74, 6) is 0. The van der Waals surface area contributed by atoms with E-state index in [4.69, 9.17) is 0 Å². The number of aliphatic hydroxyl groups is 1. The van der Waals surface area contributed by atoms with Crippen molar-refractivity contribution in [1.29, 1.82) is 0 Å². The van der Waals surface area contributed by atoms with E-state index >= 15 is 0 Å². The van der Waals surface area contributed by atoms with Crippen molar-refractivity contribution in [3.63, 3.8) is 0 Å². The van der Waals surface area contributed by atoms with Crippen LogP contribution in [0, 0.1) is 0 Å². The SMILES string of the molecule is CSC(CO)C(C)NS(=O)(=O)c1cccc2cnccc12. The van der Waals surface area contributed by atoms with E-state index in [0.717, 1.165) is 5.39 Å². The zero-order valence-electron chi connectivity index (χ0n) is 11.9. The Labute approximate surface area is 128 Å². The van der Waals surface area contributed by atoms with Crippen LogP contribution in [-0.2, 0) is 10.0 Å². The van der Waals surface area contributed by atoms with Crippen LogP contribution in [0.2, 0.25) is 0 Å². The first-order chi connectivity index (χ1) is 9.99. The van der Waals surface area contributed by atoms with E-state index < -0.39 is 10.0 Å². The summed E-state index contributed by atoms with van der Waals surface area (Å²) in [6.45, 7) is 1.67. The van der Waals surface area contributed by atoms with Crippen molar-refractivity contribution in [2.24, 2.45) is 0 Å². The Morgan fingerprint density at radius 1 is 1.38 bits per heavy atom. The summed E-state index contributed by atoms with van der Waals surface area (Å²) in [6.07, 6.45) is 5.05. The molecule has 2 atom stereocenters. The van der Waals surface area contributed by atoms with Crippen LogP contribution in [0.1, 0.15) is 6.92 Å². The number of sulfonamides is 1. The van der Waals surface area contributed by atoms with Crippen molar-refractivity contribution < 1.29 is 13.5 Å². The molecule has 21 heavy (non-hydrogen) atoms. The molecule has 0 fully saturated rings. The monoisotopic (exact) mass is 326 g/mol. The minimum Gasteiger partial charge on any atom is -0.395 e. The number of pyridine rings is 1. The average molecular weight is 326 g/mol. The van der Waals surface area contributed by atoms with Gasteiger partial charge in [0.25, 0.3) is 0 Å². The molecular formula is C14H18N2O3S2. The van der Waals surface area contributed by atoms with E-state index in [1.807, 2.05) is 12.3 Å². The van der Waals surface area contributed by atoms with Gasteiger partial charge in [-0.3, -0.25) is 4.98 Å². The molecule has 2 rings (SSSR count). The Morgan fingerprint density at radius 2 is 2.14 bits per heavy atom. The second-order valence-electron chi connectivity index (χ2n) is 4.72. The molecule has 0 aliphatic heterocycles. The predicted molar refractivity (Wildman–Crippen MR) is 85.9 cm³/mol. The molecule has 2 N–H and O–H groups in total. The summed E-state index contributed by atoms with van der Waals surface area (Å²) in [7, 11) is -3.65. The van der Waals surface area contributed by atoms with Crippen molar-refractivity contribution >= 4 is 32.6 Å². The number of hydrogen-bond donors (Lipinski definition) is 2. The molecule has 0 bridgehead atoms. The minimum atomic E-state index is -3.65. The Kier molecular flexibility index (Phi) is 5.21. The van der Waals surface area contributed by atoms with E-state index in [1.165, 1.54) is 11.8 Å². The van der Waals surface area contributed by atoms with Gasteiger partial charge >= 0.3 is 0 Å². The number of nitrogens with one attached hydrogen (secondary N) is 1. The number of aromatic nitrogens is 1. The van der Waals surface area contributed by atoms with Crippen LogP contribution in [0.3, 0.4) is 0 Å². The van der Waals surface area contributed by atoms with E-state index in [0.29, 0.717) is 5.39 Å². The first-order valence-electron chi connectivity index (χ1n) is 6.48. The summed E-state index contributed by atoms with van der Waals surface area (Å²) in [5, 5.41) is 10.5. The van der Waals surface area contributed by atoms with Crippen LogP contribution in [0.15, 0.2) is 41.6 Å². The highest BCUT2D eigenvalue weighted by molar-refractivity contribution is 7.99. The van der Waals surface area contributed by atoms with Crippen molar-refractivity contribution in [1.82, 2.24) is 9.71 Å². The third-order valence-corrected chi connectivity index (χ3v) is 6.09. The summed E-state index contributed by atoms with van der Waals surface area (Å²) >= 11 is 1.43. The molecule has 1 aromatic heterocycles. The lowest BCUT2D eigenvalue weighted by molar-refractivity contribution is 0.282. The van der Waals surface area contributed by atoms with Gasteiger partial charge in [0.15, 0.2) is 0 Å². The van der Waals surface area contributed by atoms with Crippen LogP contribution in [0.25, 0.3) is 10.8 Å². The number of hydrogen-bond acceptors (Lipinski definition) is 5. The smallest absolute Gasteiger partial charge is 0.241 e. The van der Waals surface area contributed by atoms with Gasteiger partial charge in [-0.05, 0) is 25.3 Å². The fourth-order valence-corrected chi connectivity index (χ4v) is 4.37. The van der Waals surface area contributed by atoms with Crippen LogP contribution in [-0.4, -0.2) is 42.7 Å². The summed E-state index contributed by atoms with van der Waals surface area (Å²) in [6, 6.07) is 6.41. The second-order valence-corrected chi connectivity index (χ2v) is 7.48. The van der Waals surface area contributed by atoms with E-state index in [2.05, 4.69) is 9.71 Å². The Morgan fingerprint density at radius 3 is 2.81 bits per heavy atom. The van der Waals surface area contributed by atoms with Gasteiger partial charge in [0.1, 0.15) is 0 Å². The average Bonchev–Trinajstić information content (AvgIpc) is 2.47. The molecule has 0 spiro atoms. The number of fused-ring (bicyclic) bond motifs is 1. The Bertz CT molecular complexity index is 710. The standard InChI is InChI=1S/C14H18N2O3S2/c1-10(13(9-17)20-2)16-21(18,19)14-5-3-4-11-8-15-7-6-12(11)14/h3-8,10,13,16-17H,9H2,1-2H3. The fraction of sp³-hybridized carbons (Fsp3) is 0.357. The zero-order valence-corrected chi connectivity index (χ0v) is 13.5. The van der Waals surface area contributed by atoms with E-state index in [1.54, 1.807) is 37.5 Å². The van der Waals surface area contributed by atoms with Gasteiger partial charge in [0, 0.05) is 34.5 Å². The number of aliphatic hydroxyl groups excluding tert-OH is 1. The molecule has 2 unspecified atom stereocenters. The lowest BCUT2D eigenvalue weighted by Gasteiger charge is -2.21. The van der Waals surface area contributed by atoms with Crippen LogP contribution < -0.4 is 4.72 Å². The lowest BCUT2D eigenvalue weighted by atomic mass is 10.2. The third kappa shape index (κ3) is 3.55. The summed E-state index contributed by atoms with van der Waals surface area (Å²) in [4.78, 5) is 4.23. The second kappa shape index (κ2) is 6.74. The molecule has 0 radical (unpaired) electrons. The van der Waals surface area contributed by atoms with Gasteiger partial charge in [-0.25, -0.2) is 13.1 Å². The van der Waals surface area contributed by atoms with Gasteiger partial charge < -0.3 is 5.11 Å². The largest absolute Gasteiger partial charge is 0.395 e. The molecule has 0 saturated carbocycles. The predicted octanol–water partition coefficient (Wildman–Crippen LogP) is 1.63. The number of benzene rings is 1. The number of rotatable bonds is 6. The topological polar surface area (TPSA) is 79.3 Å². The van der Waals surface area contributed by atoms with Crippen LogP contribution >= 0.6 is 11.8 Å². The molecule has 0 aliphatic carbocycles. The highest BCUT2D eigenvalue weighted by Gasteiger charge is 2.24. The molecule has 0 amide bonds. The van der Waals surface area contributed by atoms with E-state index in [-0.39, 0.29) is 22.8 Å². The van der Waals surface area contributed by atoms with E-state index in [9.17, 15) is 13.5 Å². The molecule has 7 heteroatoms. The third-order valence-electron chi connectivity index (χ3n) is 3.31. The van der Waals surface area contributed by atoms with Crippen molar-refractivity contribution in [2.75, 3.05) is 12.9 Å². The van der Waals surface area contributed by atoms with Gasteiger partial charge in [0.2, 0.25) is 10.0 Å². The summed E-state index contributed by atoms with van der Waals surface area (Å²) in [5.41, 5.74) is 0. The first kappa shape index (κ1) is 16.2. The lowest BCUT2D eigenvalue weighted by Crippen LogP contribution is -2.41. The molecule has 114 valence electrons. The van der Waals surface area contributed by atoms with Crippen LogP contribution in [0.4, 0.5) is 0 Å². The Balaban J connectivity index is 2.38. The molecule has 1 heterocycles. The quantitative estimate of drug-likeness (QED) is 0.843. The van der Waals surface area contributed by atoms with Crippen LogP contribution in [0.5, 0.6) is 0 Å². The molecule has 2 aromatic rings. The Hall–Kier alpha value is -1.15. The normalized spacial score (nSPS) is 15.0. The maximum Gasteiger partial charge on any atom is 0.241 e. The highest BCUT2D eigenvalue weighted by Crippen LogP contribution is 2.23. The zero-order chi connectivity index (χ0) is 15.5. The minimum absolute atomic E-state index is 0.0791. The van der Waals surface area contributed by atoms with Crippen molar-refractivity contribution in [3.05, 3.63) is 36.7 Å². The van der Waals surface area contributed by atoms with Crippen molar-refractivity contribution in [3.8, 4) is 0 Å². The summed E-state index contributed by atoms with van der Waals surface area (Å²) < 4.78 is 27.8. The molecule has 0 saturated heterocycles. The number of nitrogens with zero attached hydrogens (tertiary/aromatic N) is 1. The maximum absolute atomic E-state index is 12.6. The van der Waals surface area contributed by atoms with Gasteiger partial charge in [0.05, 0.1) is 11.5 Å². The molecule has 0 aliphatic rings. The molecular weight excluding hydrogens is 308 g/mol. The first-order valence-corrected chi connectivity index (χ1v) is 9.25. The molecule has 1 aromatic carbocycles. The fourth-order valence-electron chi connectivity index (χ4n) is 2.15. The molecule has 5 nitrogen and oxygen atoms in total. The van der Waals surface area contributed by atoms with Gasteiger partial charge in [-0.1, -0.05) is 12.1 Å². The van der Waals surface area contributed by atoms with Gasteiger partial charge in [-0.15, -0.1) is 0 Å². The highest BCUT2D eigenvalue weighted by atomic mass is 32.2. The van der Waals surface area contributed by atoms with Gasteiger partial charge in [-0.2, -0.15) is 11.8 Å². The maximum atomic E-state index is 12.6. The van der Waals surface area contributed by atoms with Crippen molar-refractivity contribution in [2.45, 2.75) is 23.1 Å². The number of thioether (sulfide) groups is 1.